The van der Waals surface area contributed by atoms with Crippen LogP contribution in [0.4, 0.5) is 4.39 Å². The number of halogens is 1. The summed E-state index contributed by atoms with van der Waals surface area (Å²) >= 11 is 0. The summed E-state index contributed by atoms with van der Waals surface area (Å²) in [6.07, 6.45) is 5.55. The molecule has 0 amide bonds. The summed E-state index contributed by atoms with van der Waals surface area (Å²) < 4.78 is 15.0. The first-order valence-corrected chi connectivity index (χ1v) is 9.25. The van der Waals surface area contributed by atoms with Crippen LogP contribution in [-0.2, 0) is 6.54 Å². The van der Waals surface area contributed by atoms with Gasteiger partial charge in [0.25, 0.3) is 0 Å². The fourth-order valence-corrected chi connectivity index (χ4v) is 3.52. The molecule has 0 radical (unpaired) electrons. The lowest BCUT2D eigenvalue weighted by atomic mass is 9.99. The van der Waals surface area contributed by atoms with Gasteiger partial charge in [0.15, 0.2) is 0 Å². The van der Waals surface area contributed by atoms with Crippen LogP contribution in [0.15, 0.2) is 54.6 Å². The lowest BCUT2D eigenvalue weighted by molar-refractivity contribution is 0.292. The number of para-hydroxylation sites is 1. The highest BCUT2D eigenvalue weighted by molar-refractivity contribution is 5.73. The molecule has 0 saturated carbocycles. The molecule has 1 aliphatic rings. The summed E-state index contributed by atoms with van der Waals surface area (Å²) in [5, 5.41) is 8.45. The van der Waals surface area contributed by atoms with E-state index >= 15 is 0 Å². The second kappa shape index (κ2) is 7.79. The van der Waals surface area contributed by atoms with E-state index in [0.29, 0.717) is 0 Å². The number of rotatable bonds is 6. The summed E-state index contributed by atoms with van der Waals surface area (Å²) in [5.74, 6) is -0.174. The van der Waals surface area contributed by atoms with E-state index in [2.05, 4.69) is 27.4 Å². The fraction of sp³-hybridized carbons (Fsp3) is 0.333. The first kappa shape index (κ1) is 16.9. The van der Waals surface area contributed by atoms with Gasteiger partial charge < -0.3 is 0 Å². The molecule has 0 saturated heterocycles. The van der Waals surface area contributed by atoms with Crippen molar-refractivity contribution in [2.24, 2.45) is 0 Å². The number of aryl methyl sites for hydroxylation is 1. The summed E-state index contributed by atoms with van der Waals surface area (Å²) in [6, 6.07) is 14.9. The van der Waals surface area contributed by atoms with Crippen LogP contribution in [0.3, 0.4) is 0 Å². The molecule has 0 bridgehead atoms. The van der Waals surface area contributed by atoms with Gasteiger partial charge >= 0.3 is 0 Å². The number of unbranched alkanes of at least 4 members (excludes halogenated alkanes) is 1. The minimum Gasteiger partial charge on any atom is -0.299 e. The van der Waals surface area contributed by atoms with Crippen LogP contribution >= 0.6 is 0 Å². The van der Waals surface area contributed by atoms with Crippen LogP contribution in [0.2, 0.25) is 0 Å². The lowest BCUT2D eigenvalue weighted by Crippen LogP contribution is -2.29. The van der Waals surface area contributed by atoms with E-state index in [0.717, 1.165) is 62.0 Å². The first-order valence-electron chi connectivity index (χ1n) is 9.25. The second-order valence-electron chi connectivity index (χ2n) is 6.80. The van der Waals surface area contributed by atoms with Gasteiger partial charge in [-0.3, -0.25) is 4.90 Å². The van der Waals surface area contributed by atoms with E-state index < -0.39 is 0 Å². The van der Waals surface area contributed by atoms with Crippen molar-refractivity contribution in [3.63, 3.8) is 0 Å². The van der Waals surface area contributed by atoms with Gasteiger partial charge in [-0.25, -0.2) is 9.07 Å². The Morgan fingerprint density at radius 1 is 0.962 bits per heavy atom. The van der Waals surface area contributed by atoms with Gasteiger partial charge in [0.2, 0.25) is 0 Å². The van der Waals surface area contributed by atoms with E-state index in [4.69, 9.17) is 0 Å². The summed E-state index contributed by atoms with van der Waals surface area (Å²) in [5.41, 5.74) is 4.54. The maximum atomic E-state index is 13.0. The quantitative estimate of drug-likeness (QED) is 0.627. The molecule has 4 rings (SSSR count). The van der Waals surface area contributed by atoms with Crippen molar-refractivity contribution < 1.29 is 4.39 Å². The number of aromatic nitrogens is 3. The number of hydrogen-bond acceptors (Lipinski definition) is 3. The van der Waals surface area contributed by atoms with E-state index in [1.165, 1.54) is 17.7 Å². The van der Waals surface area contributed by atoms with Gasteiger partial charge in [0.1, 0.15) is 11.3 Å². The normalized spacial score (nSPS) is 15.3. The van der Waals surface area contributed by atoms with Crippen molar-refractivity contribution in [2.75, 3.05) is 19.6 Å². The second-order valence-corrected chi connectivity index (χ2v) is 6.80. The molecule has 0 N–H and O–H groups in total. The van der Waals surface area contributed by atoms with Crippen LogP contribution in [0.1, 0.15) is 24.8 Å². The molecule has 5 heteroatoms. The smallest absolute Gasteiger partial charge is 0.123 e. The van der Waals surface area contributed by atoms with Gasteiger partial charge in [0, 0.05) is 19.6 Å². The Morgan fingerprint density at radius 3 is 2.58 bits per heavy atom. The summed E-state index contributed by atoms with van der Waals surface area (Å²) in [6.45, 7) is 4.04. The van der Waals surface area contributed by atoms with E-state index in [1.807, 2.05) is 35.0 Å². The molecule has 0 fully saturated rings. The number of hydrogen-bond donors (Lipinski definition) is 0. The highest BCUT2D eigenvalue weighted by Gasteiger charge is 2.12. The van der Waals surface area contributed by atoms with E-state index in [1.54, 1.807) is 0 Å². The van der Waals surface area contributed by atoms with Gasteiger partial charge in [-0.2, -0.15) is 0 Å². The Balaban J connectivity index is 1.24. The Morgan fingerprint density at radius 2 is 1.77 bits per heavy atom. The zero-order valence-electron chi connectivity index (χ0n) is 14.8. The van der Waals surface area contributed by atoms with Gasteiger partial charge in [-0.15, -0.1) is 5.10 Å². The predicted molar refractivity (Wildman–Crippen MR) is 102 cm³/mol. The standard InChI is InChI=1S/C21H23FN4/c22-19-9-7-17(8-10-19)18-11-15-25(16-12-18)13-3-4-14-26-21-6-2-1-5-20(21)23-24-26/h1-2,5-11H,3-4,12-16H2. The molecular formula is C21H23FN4. The van der Waals surface area contributed by atoms with Crippen molar-refractivity contribution in [2.45, 2.75) is 25.8 Å². The average molecular weight is 350 g/mol. The van der Waals surface area contributed by atoms with Crippen LogP contribution in [0.25, 0.3) is 16.6 Å². The van der Waals surface area contributed by atoms with Gasteiger partial charge in [-0.1, -0.05) is 35.6 Å². The molecule has 2 aromatic carbocycles. The van der Waals surface area contributed by atoms with Crippen molar-refractivity contribution in [3.05, 3.63) is 66.0 Å². The molecular weight excluding hydrogens is 327 g/mol. The molecule has 1 aromatic heterocycles. The molecule has 1 aliphatic heterocycles. The zero-order chi connectivity index (χ0) is 17.8. The highest BCUT2D eigenvalue weighted by Crippen LogP contribution is 2.22. The Bertz CT molecular complexity index is 898. The third-order valence-corrected chi connectivity index (χ3v) is 5.02. The SMILES string of the molecule is Fc1ccc(C2=CCN(CCCCn3nnc4ccccc43)CC2)cc1. The predicted octanol–water partition coefficient (Wildman–Crippen LogP) is 4.14. The van der Waals surface area contributed by atoms with Crippen molar-refractivity contribution in [1.29, 1.82) is 0 Å². The first-order chi connectivity index (χ1) is 12.8. The highest BCUT2D eigenvalue weighted by atomic mass is 19.1. The molecule has 0 atom stereocenters. The molecule has 2 heterocycles. The summed E-state index contributed by atoms with van der Waals surface area (Å²) in [7, 11) is 0. The number of fused-ring (bicyclic) bond motifs is 1. The molecule has 3 aromatic rings. The Hall–Kier alpha value is -2.53. The fourth-order valence-electron chi connectivity index (χ4n) is 3.52. The Kier molecular flexibility index (Phi) is 5.07. The molecule has 134 valence electrons. The summed E-state index contributed by atoms with van der Waals surface area (Å²) in [4.78, 5) is 2.48. The van der Waals surface area contributed by atoms with Crippen molar-refractivity contribution in [3.8, 4) is 0 Å². The minimum atomic E-state index is -0.174. The molecule has 0 aliphatic carbocycles. The zero-order valence-corrected chi connectivity index (χ0v) is 14.8. The minimum absolute atomic E-state index is 0.174. The van der Waals surface area contributed by atoms with Crippen LogP contribution < -0.4 is 0 Å². The van der Waals surface area contributed by atoms with Crippen LogP contribution in [-0.4, -0.2) is 39.5 Å². The average Bonchev–Trinajstić information content (AvgIpc) is 3.10. The topological polar surface area (TPSA) is 34.0 Å². The number of benzene rings is 2. The maximum Gasteiger partial charge on any atom is 0.123 e. The molecule has 0 spiro atoms. The van der Waals surface area contributed by atoms with E-state index in [9.17, 15) is 4.39 Å². The molecule has 26 heavy (non-hydrogen) atoms. The monoisotopic (exact) mass is 350 g/mol. The van der Waals surface area contributed by atoms with Crippen LogP contribution in [0, 0.1) is 5.82 Å². The third kappa shape index (κ3) is 3.83. The Labute approximate surface area is 152 Å². The molecule has 0 unspecified atom stereocenters. The molecule has 4 nitrogen and oxygen atoms in total. The third-order valence-electron chi connectivity index (χ3n) is 5.02. The van der Waals surface area contributed by atoms with Crippen molar-refractivity contribution in [1.82, 2.24) is 19.9 Å². The van der Waals surface area contributed by atoms with Gasteiger partial charge in [-0.05, 0) is 61.2 Å². The van der Waals surface area contributed by atoms with Gasteiger partial charge in [0.05, 0.1) is 5.52 Å². The van der Waals surface area contributed by atoms with E-state index in [-0.39, 0.29) is 5.82 Å². The number of nitrogens with zero attached hydrogens (tertiary/aromatic N) is 4. The van der Waals surface area contributed by atoms with Crippen LogP contribution in [0.5, 0.6) is 0 Å². The lowest BCUT2D eigenvalue weighted by Gasteiger charge is -2.26. The van der Waals surface area contributed by atoms with Crippen molar-refractivity contribution >= 4 is 16.6 Å². The largest absolute Gasteiger partial charge is 0.299 e. The maximum absolute atomic E-state index is 13.0.